The number of halogens is 1. The number of hydrogen-bond acceptors (Lipinski definition) is 4. The lowest BCUT2D eigenvalue weighted by molar-refractivity contribution is -0.120. The van der Waals surface area contributed by atoms with Crippen molar-refractivity contribution in [3.8, 4) is 0 Å². The van der Waals surface area contributed by atoms with Crippen LogP contribution in [0.3, 0.4) is 0 Å². The van der Waals surface area contributed by atoms with Gasteiger partial charge in [-0.3, -0.25) is 19.8 Å². The van der Waals surface area contributed by atoms with E-state index in [1.54, 1.807) is 18.2 Å². The van der Waals surface area contributed by atoms with Crippen molar-refractivity contribution in [3.05, 3.63) is 28.8 Å². The van der Waals surface area contributed by atoms with E-state index in [0.717, 1.165) is 44.8 Å². The van der Waals surface area contributed by atoms with Crippen LogP contribution in [-0.4, -0.2) is 48.7 Å². The minimum absolute atomic E-state index is 0.0714. The number of nitrogens with zero attached hydrogens (tertiary/aromatic N) is 2. The Kier molecular flexibility index (Phi) is 5.82. The van der Waals surface area contributed by atoms with Crippen LogP contribution in [0.1, 0.15) is 55.3 Å². The van der Waals surface area contributed by atoms with Crippen LogP contribution in [0.2, 0.25) is 5.02 Å². The summed E-state index contributed by atoms with van der Waals surface area (Å²) in [7, 11) is 0. The monoisotopic (exact) mass is 431 g/mol. The summed E-state index contributed by atoms with van der Waals surface area (Å²) in [5, 5.41) is 2.64. The van der Waals surface area contributed by atoms with Gasteiger partial charge in [0.05, 0.1) is 10.7 Å². The maximum Gasteiger partial charge on any atom is 0.328 e. The molecule has 160 valence electrons. The van der Waals surface area contributed by atoms with Crippen molar-refractivity contribution in [2.45, 2.75) is 44.9 Å². The number of likely N-dealkylation sites (tertiary alicyclic amines) is 1. The van der Waals surface area contributed by atoms with Crippen molar-refractivity contribution >= 4 is 41.4 Å². The number of nitrogens with one attached hydrogen (secondary N) is 1. The normalized spacial score (nSPS) is 22.2. The molecule has 30 heavy (non-hydrogen) atoms. The fourth-order valence-corrected chi connectivity index (χ4v) is 5.12. The van der Waals surface area contributed by atoms with Crippen LogP contribution >= 0.6 is 11.6 Å². The van der Waals surface area contributed by atoms with Gasteiger partial charge in [-0.25, -0.2) is 4.79 Å². The number of carbonyl (C=O) groups is 4. The number of benzene rings is 1. The molecule has 0 atom stereocenters. The zero-order valence-corrected chi connectivity index (χ0v) is 17.6. The van der Waals surface area contributed by atoms with Gasteiger partial charge in [0.2, 0.25) is 5.91 Å². The Balaban J connectivity index is 1.44. The van der Waals surface area contributed by atoms with Crippen LogP contribution in [0.15, 0.2) is 18.2 Å². The molecule has 8 heteroatoms. The predicted molar refractivity (Wildman–Crippen MR) is 113 cm³/mol. The zero-order valence-electron chi connectivity index (χ0n) is 16.9. The van der Waals surface area contributed by atoms with Crippen LogP contribution in [-0.2, 0) is 9.59 Å². The molecule has 2 heterocycles. The molecule has 1 aliphatic carbocycles. The van der Waals surface area contributed by atoms with Gasteiger partial charge in [0.25, 0.3) is 5.91 Å². The Hall–Kier alpha value is -2.41. The second kappa shape index (κ2) is 8.38. The van der Waals surface area contributed by atoms with E-state index < -0.39 is 6.03 Å². The Bertz CT molecular complexity index is 869. The molecule has 0 unspecified atom stereocenters. The van der Waals surface area contributed by atoms with Gasteiger partial charge < -0.3 is 9.69 Å². The molecule has 3 aliphatic rings. The van der Waals surface area contributed by atoms with E-state index in [4.69, 9.17) is 11.6 Å². The smallest absolute Gasteiger partial charge is 0.328 e. The summed E-state index contributed by atoms with van der Waals surface area (Å²) in [5.41, 5.74) is 1.19. The predicted octanol–water partition coefficient (Wildman–Crippen LogP) is 3.40. The fourth-order valence-electron chi connectivity index (χ4n) is 4.90. The van der Waals surface area contributed by atoms with Crippen molar-refractivity contribution < 1.29 is 19.2 Å². The molecule has 2 saturated heterocycles. The molecule has 4 rings (SSSR count). The molecule has 0 aromatic heterocycles. The lowest BCUT2D eigenvalue weighted by Crippen LogP contribution is -2.49. The van der Waals surface area contributed by atoms with Gasteiger partial charge in [-0.15, -0.1) is 0 Å². The third-order valence-corrected chi connectivity index (χ3v) is 7.25. The van der Waals surface area contributed by atoms with E-state index in [0.29, 0.717) is 29.4 Å². The number of rotatable bonds is 3. The first-order valence-electron chi connectivity index (χ1n) is 10.6. The SMILES string of the molecule is O=CC1CCC2(CC1)CCN(C(=O)c1ccc(Cl)c(N3CCC(=O)NC3=O)c1)CC2. The number of imide groups is 1. The first-order chi connectivity index (χ1) is 14.4. The number of carbonyl (C=O) groups excluding carboxylic acids is 4. The minimum Gasteiger partial charge on any atom is -0.339 e. The highest BCUT2D eigenvalue weighted by Gasteiger charge is 2.39. The summed E-state index contributed by atoms with van der Waals surface area (Å²) in [5.74, 6) is -0.188. The number of urea groups is 1. The molecular weight excluding hydrogens is 406 g/mol. The molecule has 1 saturated carbocycles. The number of hydrogen-bond donors (Lipinski definition) is 1. The average Bonchev–Trinajstić information content (AvgIpc) is 2.75. The van der Waals surface area contributed by atoms with Gasteiger partial charge in [-0.2, -0.15) is 0 Å². The molecule has 1 aromatic rings. The molecular formula is C22H26ClN3O4. The van der Waals surface area contributed by atoms with E-state index in [1.165, 1.54) is 4.90 Å². The lowest BCUT2D eigenvalue weighted by atomic mass is 9.65. The maximum absolute atomic E-state index is 13.1. The maximum atomic E-state index is 13.1. The van der Waals surface area contributed by atoms with Gasteiger partial charge in [0.15, 0.2) is 0 Å². The molecule has 2 aliphatic heterocycles. The van der Waals surface area contributed by atoms with Crippen LogP contribution in [0.4, 0.5) is 10.5 Å². The molecule has 1 N–H and O–H groups in total. The molecule has 0 radical (unpaired) electrons. The van der Waals surface area contributed by atoms with Crippen LogP contribution in [0, 0.1) is 11.3 Å². The van der Waals surface area contributed by atoms with E-state index in [2.05, 4.69) is 5.32 Å². The molecule has 4 amide bonds. The van der Waals surface area contributed by atoms with Crippen LogP contribution in [0.5, 0.6) is 0 Å². The summed E-state index contributed by atoms with van der Waals surface area (Å²) >= 11 is 6.29. The van der Waals surface area contributed by atoms with Crippen molar-refractivity contribution in [2.75, 3.05) is 24.5 Å². The summed E-state index contributed by atoms with van der Waals surface area (Å²) in [6.07, 6.45) is 7.24. The summed E-state index contributed by atoms with van der Waals surface area (Å²) in [6.45, 7) is 1.62. The Labute approximate surface area is 180 Å². The van der Waals surface area contributed by atoms with Crippen LogP contribution < -0.4 is 10.2 Å². The van der Waals surface area contributed by atoms with E-state index in [-0.39, 0.29) is 36.1 Å². The van der Waals surface area contributed by atoms with Crippen molar-refractivity contribution in [1.29, 1.82) is 0 Å². The third-order valence-electron chi connectivity index (χ3n) is 6.93. The van der Waals surface area contributed by atoms with E-state index >= 15 is 0 Å². The van der Waals surface area contributed by atoms with E-state index in [1.807, 2.05) is 4.90 Å². The van der Waals surface area contributed by atoms with Crippen molar-refractivity contribution in [2.24, 2.45) is 11.3 Å². The summed E-state index contributed by atoms with van der Waals surface area (Å²) in [6, 6.07) is 4.42. The summed E-state index contributed by atoms with van der Waals surface area (Å²) in [4.78, 5) is 51.0. The van der Waals surface area contributed by atoms with Gasteiger partial charge in [-0.1, -0.05) is 11.6 Å². The van der Waals surface area contributed by atoms with Crippen molar-refractivity contribution in [1.82, 2.24) is 10.2 Å². The third kappa shape index (κ3) is 4.08. The molecule has 1 spiro atoms. The zero-order chi connectivity index (χ0) is 21.3. The van der Waals surface area contributed by atoms with Crippen LogP contribution in [0.25, 0.3) is 0 Å². The fraction of sp³-hybridized carbons (Fsp3) is 0.545. The molecule has 1 aromatic carbocycles. The largest absolute Gasteiger partial charge is 0.339 e. The highest BCUT2D eigenvalue weighted by molar-refractivity contribution is 6.34. The first-order valence-corrected chi connectivity index (χ1v) is 10.9. The van der Waals surface area contributed by atoms with Gasteiger partial charge in [-0.05, 0) is 62.1 Å². The second-order valence-electron chi connectivity index (χ2n) is 8.69. The van der Waals surface area contributed by atoms with Gasteiger partial charge in [0.1, 0.15) is 6.29 Å². The first kappa shape index (κ1) is 20.8. The Morgan fingerprint density at radius 3 is 2.43 bits per heavy atom. The van der Waals surface area contributed by atoms with E-state index in [9.17, 15) is 19.2 Å². The lowest BCUT2D eigenvalue weighted by Gasteiger charge is -2.45. The molecule has 7 nitrogen and oxygen atoms in total. The standard InChI is InChI=1S/C22H26ClN3O4/c23-17-2-1-16(13-18(17)26-10-5-19(28)24-21(26)30)20(29)25-11-8-22(9-12-25)6-3-15(14-27)4-7-22/h1-2,13-15H,3-12H2,(H,24,28,30). The Morgan fingerprint density at radius 2 is 1.80 bits per heavy atom. The number of piperidine rings is 1. The van der Waals surface area contributed by atoms with Crippen molar-refractivity contribution in [3.63, 3.8) is 0 Å². The number of amides is 4. The molecule has 3 fully saturated rings. The average molecular weight is 432 g/mol. The second-order valence-corrected chi connectivity index (χ2v) is 9.09. The Morgan fingerprint density at radius 1 is 1.10 bits per heavy atom. The summed E-state index contributed by atoms with van der Waals surface area (Å²) < 4.78 is 0. The van der Waals surface area contributed by atoms with Gasteiger partial charge in [0, 0.05) is 37.5 Å². The highest BCUT2D eigenvalue weighted by Crippen LogP contribution is 2.46. The topological polar surface area (TPSA) is 86.8 Å². The van der Waals surface area contributed by atoms with Gasteiger partial charge >= 0.3 is 6.03 Å². The molecule has 0 bridgehead atoms. The quantitative estimate of drug-likeness (QED) is 0.743. The minimum atomic E-state index is -0.524. The number of anilines is 1. The highest BCUT2D eigenvalue weighted by atomic mass is 35.5. The number of aldehydes is 1.